The summed E-state index contributed by atoms with van der Waals surface area (Å²) in [4.78, 5) is 33.9. The fraction of sp³-hybridized carbons (Fsp3) is 0.267. The molecule has 5 aromatic rings. The molecule has 0 atom stereocenters. The van der Waals surface area contributed by atoms with Crippen molar-refractivity contribution in [2.45, 2.75) is 26.7 Å². The van der Waals surface area contributed by atoms with Crippen molar-refractivity contribution < 1.29 is 14.3 Å². The van der Waals surface area contributed by atoms with Crippen LogP contribution in [0.25, 0.3) is 21.9 Å². The number of aryl methyl sites for hydroxylation is 2. The quantitative estimate of drug-likeness (QED) is 0.236. The lowest BCUT2D eigenvalue weighted by atomic mass is 10.1. The Morgan fingerprint density at radius 3 is 2.49 bits per heavy atom. The predicted molar refractivity (Wildman–Crippen MR) is 161 cm³/mol. The van der Waals surface area contributed by atoms with Crippen LogP contribution in [0.3, 0.4) is 0 Å². The molecule has 3 heterocycles. The summed E-state index contributed by atoms with van der Waals surface area (Å²) in [5.74, 6) is 1.21. The van der Waals surface area contributed by atoms with E-state index in [9.17, 15) is 9.59 Å². The third kappa shape index (κ3) is 5.71. The third-order valence-corrected chi connectivity index (χ3v) is 8.10. The van der Waals surface area contributed by atoms with Gasteiger partial charge in [-0.2, -0.15) is 5.10 Å². The van der Waals surface area contributed by atoms with E-state index in [0.29, 0.717) is 57.1 Å². The maximum absolute atomic E-state index is 13.8. The van der Waals surface area contributed by atoms with Gasteiger partial charge in [0.2, 0.25) is 5.91 Å². The van der Waals surface area contributed by atoms with Gasteiger partial charge in [-0.15, -0.1) is 11.3 Å². The zero-order valence-electron chi connectivity index (χ0n) is 23.5. The highest BCUT2D eigenvalue weighted by Crippen LogP contribution is 2.28. The first-order valence-electron chi connectivity index (χ1n) is 13.0. The van der Waals surface area contributed by atoms with E-state index in [2.05, 4.69) is 4.98 Å². The van der Waals surface area contributed by atoms with Crippen molar-refractivity contribution in [3.05, 3.63) is 91.9 Å². The van der Waals surface area contributed by atoms with Crippen LogP contribution < -0.4 is 15.0 Å². The highest BCUT2D eigenvalue weighted by Gasteiger charge is 2.21. The van der Waals surface area contributed by atoms with Crippen molar-refractivity contribution in [3.8, 4) is 28.4 Å². The molecule has 0 bridgehead atoms. The molecule has 2 aromatic carbocycles. The smallest absolute Gasteiger partial charge is 0.268 e. The summed E-state index contributed by atoms with van der Waals surface area (Å²) in [6, 6.07) is 14.9. The minimum atomic E-state index is -0.245. The van der Waals surface area contributed by atoms with Crippen LogP contribution in [0.4, 0.5) is 0 Å². The molecule has 11 heteroatoms. The number of fused-ring (bicyclic) bond motifs is 1. The van der Waals surface area contributed by atoms with E-state index in [4.69, 9.17) is 26.2 Å². The molecular weight excluding hydrogens is 562 g/mol. The summed E-state index contributed by atoms with van der Waals surface area (Å²) in [6.07, 6.45) is 0.720. The van der Waals surface area contributed by atoms with E-state index in [1.807, 2.05) is 48.7 Å². The molecule has 0 spiro atoms. The second kappa shape index (κ2) is 11.8. The number of amides is 1. The molecule has 0 unspecified atom stereocenters. The second-order valence-electron chi connectivity index (χ2n) is 9.71. The number of rotatable bonds is 9. The van der Waals surface area contributed by atoms with Gasteiger partial charge < -0.3 is 14.4 Å². The average molecular weight is 592 g/mol. The molecule has 3 aromatic heterocycles. The summed E-state index contributed by atoms with van der Waals surface area (Å²) in [5.41, 5.74) is 4.60. The first kappa shape index (κ1) is 28.4. The molecule has 0 aliphatic heterocycles. The normalized spacial score (nSPS) is 11.2. The van der Waals surface area contributed by atoms with Crippen LogP contribution in [0, 0.1) is 13.8 Å². The lowest BCUT2D eigenvalue weighted by Crippen LogP contribution is -2.31. The molecular formula is C30H30ClN5O4S. The Labute approximate surface area is 246 Å². The van der Waals surface area contributed by atoms with E-state index in [-0.39, 0.29) is 17.9 Å². The van der Waals surface area contributed by atoms with Gasteiger partial charge in [0.15, 0.2) is 16.5 Å². The third-order valence-electron chi connectivity index (χ3n) is 6.98. The fourth-order valence-electron chi connectivity index (χ4n) is 4.71. The highest BCUT2D eigenvalue weighted by molar-refractivity contribution is 7.15. The molecule has 0 saturated carbocycles. The topological polar surface area (TPSA) is 91.0 Å². The second-order valence-corrected chi connectivity index (χ2v) is 11.0. The van der Waals surface area contributed by atoms with Crippen LogP contribution in [-0.2, 0) is 17.6 Å². The minimum Gasteiger partial charge on any atom is -0.493 e. The number of halogens is 1. The van der Waals surface area contributed by atoms with Crippen LogP contribution in [-0.4, -0.2) is 57.8 Å². The van der Waals surface area contributed by atoms with Crippen LogP contribution in [0.2, 0.25) is 5.02 Å². The van der Waals surface area contributed by atoms with Gasteiger partial charge in [-0.1, -0.05) is 17.7 Å². The number of ether oxygens (including phenoxy) is 2. The number of methoxy groups -OCH3 is 2. The minimum absolute atomic E-state index is 0.0742. The summed E-state index contributed by atoms with van der Waals surface area (Å²) in [6.45, 7) is 4.24. The molecule has 0 fully saturated rings. The number of nitrogens with zero attached hydrogens (tertiary/aromatic N) is 5. The van der Waals surface area contributed by atoms with Gasteiger partial charge in [-0.3, -0.25) is 14.0 Å². The Hall–Kier alpha value is -4.15. The van der Waals surface area contributed by atoms with E-state index in [0.717, 1.165) is 16.9 Å². The summed E-state index contributed by atoms with van der Waals surface area (Å²) in [7, 11) is 4.96. The Balaban J connectivity index is 1.38. The number of thiazole rings is 1. The van der Waals surface area contributed by atoms with Crippen molar-refractivity contribution in [1.29, 1.82) is 0 Å². The van der Waals surface area contributed by atoms with Crippen LogP contribution in [0.5, 0.6) is 11.5 Å². The van der Waals surface area contributed by atoms with Crippen molar-refractivity contribution in [2.24, 2.45) is 0 Å². The first-order chi connectivity index (χ1) is 19.7. The monoisotopic (exact) mass is 591 g/mol. The molecule has 0 aliphatic carbocycles. The number of aromatic nitrogens is 4. The maximum Gasteiger partial charge on any atom is 0.268 e. The summed E-state index contributed by atoms with van der Waals surface area (Å²) in [5, 5.41) is 7.18. The van der Waals surface area contributed by atoms with Gasteiger partial charge in [0, 0.05) is 35.4 Å². The number of benzene rings is 2. The summed E-state index contributed by atoms with van der Waals surface area (Å²) >= 11 is 7.39. The van der Waals surface area contributed by atoms with Crippen molar-refractivity contribution in [3.63, 3.8) is 0 Å². The van der Waals surface area contributed by atoms with Gasteiger partial charge in [-0.05, 0) is 68.3 Å². The van der Waals surface area contributed by atoms with Crippen LogP contribution in [0.1, 0.15) is 22.6 Å². The molecule has 0 aliphatic rings. The number of hydrogen-bond donors (Lipinski definition) is 0. The molecule has 0 N–H and O–H groups in total. The zero-order valence-corrected chi connectivity index (χ0v) is 25.0. The van der Waals surface area contributed by atoms with Crippen LogP contribution in [0.15, 0.2) is 58.7 Å². The maximum atomic E-state index is 13.8. The van der Waals surface area contributed by atoms with Gasteiger partial charge in [-0.25, -0.2) is 9.67 Å². The number of carbonyl (C=O) groups excluding carboxylic acids is 1. The predicted octanol–water partition coefficient (Wildman–Crippen LogP) is 5.14. The highest BCUT2D eigenvalue weighted by atomic mass is 35.5. The average Bonchev–Trinajstić information content (AvgIpc) is 3.54. The molecule has 0 saturated heterocycles. The lowest BCUT2D eigenvalue weighted by molar-refractivity contribution is -0.129. The van der Waals surface area contributed by atoms with E-state index >= 15 is 0 Å². The number of likely N-dealkylation sites (N-methyl/N-ethyl adjacent to an activating group) is 1. The van der Waals surface area contributed by atoms with Gasteiger partial charge in [0.1, 0.15) is 5.69 Å². The Bertz CT molecular complexity index is 1790. The molecule has 212 valence electrons. The lowest BCUT2D eigenvalue weighted by Gasteiger charge is -2.18. The number of hydrogen-bond acceptors (Lipinski definition) is 7. The van der Waals surface area contributed by atoms with Crippen molar-refractivity contribution in [2.75, 3.05) is 27.8 Å². The van der Waals surface area contributed by atoms with Crippen LogP contribution >= 0.6 is 22.9 Å². The molecule has 9 nitrogen and oxygen atoms in total. The SMILES string of the molecule is COc1ccc(CCN(C)C(=O)Cc2csc3nc(C)c(-c4cc(C)n(-c5ccc(Cl)cc5)n4)c(=O)n23)cc1OC. The van der Waals surface area contributed by atoms with Gasteiger partial charge in [0.05, 0.1) is 37.6 Å². The Morgan fingerprint density at radius 2 is 1.78 bits per heavy atom. The van der Waals surface area contributed by atoms with Gasteiger partial charge >= 0.3 is 0 Å². The zero-order chi connectivity index (χ0) is 29.3. The Morgan fingerprint density at radius 1 is 1.05 bits per heavy atom. The van der Waals surface area contributed by atoms with Crippen molar-refractivity contribution >= 4 is 33.8 Å². The Kier molecular flexibility index (Phi) is 8.14. The molecule has 5 rings (SSSR count). The molecule has 0 radical (unpaired) electrons. The summed E-state index contributed by atoms with van der Waals surface area (Å²) < 4.78 is 14.0. The van der Waals surface area contributed by atoms with Crippen molar-refractivity contribution in [1.82, 2.24) is 24.1 Å². The van der Waals surface area contributed by atoms with Gasteiger partial charge in [0.25, 0.3) is 5.56 Å². The standard InChI is InChI=1S/C30H30ClN5O4S/c1-18-14-24(33-36(18)22-9-7-21(31)8-10-22)28-19(2)32-30-35(29(28)38)23(17-41-30)16-27(37)34(3)13-12-20-6-11-25(39-4)26(15-20)40-5/h6-11,14-15,17H,12-13,16H2,1-5H3. The fourth-order valence-corrected chi connectivity index (χ4v) is 5.76. The molecule has 41 heavy (non-hydrogen) atoms. The largest absolute Gasteiger partial charge is 0.493 e. The van der Waals surface area contributed by atoms with E-state index in [1.165, 1.54) is 15.7 Å². The van der Waals surface area contributed by atoms with E-state index < -0.39 is 0 Å². The van der Waals surface area contributed by atoms with E-state index in [1.54, 1.807) is 49.9 Å². The number of carbonyl (C=O) groups is 1. The molecule has 1 amide bonds. The first-order valence-corrected chi connectivity index (χ1v) is 14.2.